The first kappa shape index (κ1) is 12.5. The first-order chi connectivity index (χ1) is 6.79. The van der Waals surface area contributed by atoms with Gasteiger partial charge in [-0.25, -0.2) is 0 Å². The lowest BCUT2D eigenvalue weighted by atomic mass is 9.77. The third-order valence-corrected chi connectivity index (χ3v) is 3.58. The molecule has 1 aliphatic carbocycles. The van der Waals surface area contributed by atoms with Crippen molar-refractivity contribution in [1.29, 1.82) is 5.26 Å². The fourth-order valence-electron chi connectivity index (χ4n) is 2.93. The van der Waals surface area contributed by atoms with E-state index in [1.165, 1.54) is 12.8 Å². The molecule has 0 amide bonds. The average Bonchev–Trinajstić information content (AvgIpc) is 2.46. The SMILES string of the molecule is CN(C)C1(CC(C)(C)C)CCC(C#N)C1. The van der Waals surface area contributed by atoms with E-state index in [1.807, 2.05) is 0 Å². The minimum Gasteiger partial charge on any atom is -0.304 e. The minimum atomic E-state index is 0.263. The standard InChI is InChI=1S/C13H24N2/c1-12(2,3)10-13(15(4)5)7-6-11(8-13)9-14/h11H,6-8,10H2,1-5H3. The lowest BCUT2D eigenvalue weighted by Gasteiger charge is -2.41. The second-order valence-corrected chi connectivity index (χ2v) is 6.43. The van der Waals surface area contributed by atoms with Crippen molar-refractivity contribution in [1.82, 2.24) is 4.90 Å². The maximum absolute atomic E-state index is 9.01. The Morgan fingerprint density at radius 1 is 1.40 bits per heavy atom. The van der Waals surface area contributed by atoms with Crippen LogP contribution in [0.15, 0.2) is 0 Å². The van der Waals surface area contributed by atoms with Gasteiger partial charge in [0.2, 0.25) is 0 Å². The van der Waals surface area contributed by atoms with E-state index in [0.29, 0.717) is 5.41 Å². The van der Waals surface area contributed by atoms with Gasteiger partial charge in [0, 0.05) is 11.5 Å². The van der Waals surface area contributed by atoms with Gasteiger partial charge in [-0.15, -0.1) is 0 Å². The van der Waals surface area contributed by atoms with Crippen LogP contribution in [-0.4, -0.2) is 24.5 Å². The van der Waals surface area contributed by atoms with Crippen LogP contribution in [0.2, 0.25) is 0 Å². The summed E-state index contributed by atoms with van der Waals surface area (Å²) >= 11 is 0. The van der Waals surface area contributed by atoms with Gasteiger partial charge in [0.1, 0.15) is 0 Å². The first-order valence-corrected chi connectivity index (χ1v) is 5.86. The number of rotatable bonds is 2. The number of hydrogen-bond acceptors (Lipinski definition) is 2. The minimum absolute atomic E-state index is 0.263. The van der Waals surface area contributed by atoms with Crippen molar-refractivity contribution in [2.45, 2.75) is 52.0 Å². The summed E-state index contributed by atoms with van der Waals surface area (Å²) in [6, 6.07) is 2.43. The Morgan fingerprint density at radius 3 is 2.33 bits per heavy atom. The zero-order valence-electron chi connectivity index (χ0n) is 10.8. The van der Waals surface area contributed by atoms with Gasteiger partial charge in [0.25, 0.3) is 0 Å². The molecule has 0 N–H and O–H groups in total. The molecule has 0 aromatic rings. The Bertz CT molecular complexity index is 257. The van der Waals surface area contributed by atoms with Gasteiger partial charge in [-0.2, -0.15) is 5.26 Å². The van der Waals surface area contributed by atoms with E-state index in [2.05, 4.69) is 45.8 Å². The highest BCUT2D eigenvalue weighted by Gasteiger charge is 2.43. The summed E-state index contributed by atoms with van der Waals surface area (Å²) in [5, 5.41) is 9.01. The quantitative estimate of drug-likeness (QED) is 0.697. The molecule has 1 fully saturated rings. The number of nitrogens with zero attached hydrogens (tertiary/aromatic N) is 2. The van der Waals surface area contributed by atoms with Gasteiger partial charge in [0.05, 0.1) is 6.07 Å². The highest BCUT2D eigenvalue weighted by Crippen LogP contribution is 2.44. The maximum atomic E-state index is 9.01. The largest absolute Gasteiger partial charge is 0.304 e. The molecule has 0 aliphatic heterocycles. The third kappa shape index (κ3) is 2.95. The number of nitriles is 1. The molecule has 0 heterocycles. The fourth-order valence-corrected chi connectivity index (χ4v) is 2.93. The number of hydrogen-bond donors (Lipinski definition) is 0. The topological polar surface area (TPSA) is 27.0 Å². The summed E-state index contributed by atoms with van der Waals surface area (Å²) in [6.07, 6.45) is 4.49. The third-order valence-electron chi connectivity index (χ3n) is 3.58. The van der Waals surface area contributed by atoms with Crippen molar-refractivity contribution < 1.29 is 0 Å². The van der Waals surface area contributed by atoms with E-state index in [-0.39, 0.29) is 11.5 Å². The van der Waals surface area contributed by atoms with Crippen LogP contribution < -0.4 is 0 Å². The summed E-state index contributed by atoms with van der Waals surface area (Å²) in [6.45, 7) is 6.87. The van der Waals surface area contributed by atoms with Gasteiger partial charge in [-0.05, 0) is 45.2 Å². The molecule has 1 rings (SSSR count). The van der Waals surface area contributed by atoms with Gasteiger partial charge in [-0.3, -0.25) is 0 Å². The van der Waals surface area contributed by atoms with E-state index in [1.54, 1.807) is 0 Å². The van der Waals surface area contributed by atoms with Gasteiger partial charge >= 0.3 is 0 Å². The predicted molar refractivity (Wildman–Crippen MR) is 63.4 cm³/mol. The molecule has 0 bridgehead atoms. The molecule has 86 valence electrons. The van der Waals surface area contributed by atoms with Gasteiger partial charge in [-0.1, -0.05) is 20.8 Å². The van der Waals surface area contributed by atoms with Gasteiger partial charge in [0.15, 0.2) is 0 Å². The van der Waals surface area contributed by atoms with Crippen molar-refractivity contribution in [2.75, 3.05) is 14.1 Å². The van der Waals surface area contributed by atoms with Crippen molar-refractivity contribution >= 4 is 0 Å². The second-order valence-electron chi connectivity index (χ2n) is 6.43. The average molecular weight is 208 g/mol. The molecule has 2 atom stereocenters. The van der Waals surface area contributed by atoms with Crippen molar-refractivity contribution in [3.8, 4) is 6.07 Å². The smallest absolute Gasteiger partial charge is 0.0656 e. The van der Waals surface area contributed by atoms with Crippen molar-refractivity contribution in [2.24, 2.45) is 11.3 Å². The molecule has 0 saturated heterocycles. The van der Waals surface area contributed by atoms with Crippen LogP contribution in [0.1, 0.15) is 46.5 Å². The Labute approximate surface area is 94.3 Å². The summed E-state index contributed by atoms with van der Waals surface area (Å²) in [5.41, 5.74) is 0.604. The van der Waals surface area contributed by atoms with Gasteiger partial charge < -0.3 is 4.90 Å². The summed E-state index contributed by atoms with van der Waals surface area (Å²) < 4.78 is 0. The Hall–Kier alpha value is -0.550. The maximum Gasteiger partial charge on any atom is 0.0656 e. The zero-order valence-corrected chi connectivity index (χ0v) is 10.8. The lowest BCUT2D eigenvalue weighted by molar-refractivity contribution is 0.0972. The highest BCUT2D eigenvalue weighted by molar-refractivity contribution is 5.03. The molecule has 0 aromatic heterocycles. The van der Waals surface area contributed by atoms with Crippen molar-refractivity contribution in [3.05, 3.63) is 0 Å². The molecular weight excluding hydrogens is 184 g/mol. The van der Waals surface area contributed by atoms with Crippen LogP contribution in [0, 0.1) is 22.7 Å². The van der Waals surface area contributed by atoms with Crippen LogP contribution in [0.4, 0.5) is 0 Å². The molecule has 1 saturated carbocycles. The molecule has 15 heavy (non-hydrogen) atoms. The van der Waals surface area contributed by atoms with Crippen LogP contribution in [-0.2, 0) is 0 Å². The first-order valence-electron chi connectivity index (χ1n) is 5.86. The van der Waals surface area contributed by atoms with E-state index in [4.69, 9.17) is 5.26 Å². The Morgan fingerprint density at radius 2 is 2.00 bits per heavy atom. The van der Waals surface area contributed by atoms with Crippen LogP contribution >= 0.6 is 0 Å². The van der Waals surface area contributed by atoms with E-state index < -0.39 is 0 Å². The van der Waals surface area contributed by atoms with E-state index >= 15 is 0 Å². The molecule has 1 aliphatic rings. The molecule has 2 heteroatoms. The van der Waals surface area contributed by atoms with Crippen LogP contribution in [0.3, 0.4) is 0 Å². The monoisotopic (exact) mass is 208 g/mol. The highest BCUT2D eigenvalue weighted by atomic mass is 15.1. The Kier molecular flexibility index (Phi) is 3.45. The van der Waals surface area contributed by atoms with E-state index in [0.717, 1.165) is 12.8 Å². The molecule has 0 radical (unpaired) electrons. The predicted octanol–water partition coefficient (Wildman–Crippen LogP) is 3.05. The molecular formula is C13H24N2. The van der Waals surface area contributed by atoms with Crippen molar-refractivity contribution in [3.63, 3.8) is 0 Å². The lowest BCUT2D eigenvalue weighted by Crippen LogP contribution is -2.44. The summed E-state index contributed by atoms with van der Waals surface area (Å²) in [7, 11) is 4.32. The molecule has 2 nitrogen and oxygen atoms in total. The molecule has 0 spiro atoms. The summed E-state index contributed by atoms with van der Waals surface area (Å²) in [5.74, 6) is 0.273. The Balaban J connectivity index is 2.79. The molecule has 0 aromatic carbocycles. The molecule has 2 unspecified atom stereocenters. The zero-order chi connectivity index (χ0) is 11.7. The van der Waals surface area contributed by atoms with Crippen LogP contribution in [0.25, 0.3) is 0 Å². The van der Waals surface area contributed by atoms with Crippen LogP contribution in [0.5, 0.6) is 0 Å². The summed E-state index contributed by atoms with van der Waals surface area (Å²) in [4.78, 5) is 2.34. The second kappa shape index (κ2) is 4.14. The fraction of sp³-hybridized carbons (Fsp3) is 0.923. The van der Waals surface area contributed by atoms with E-state index in [9.17, 15) is 0 Å². The normalized spacial score (nSPS) is 31.9.